The van der Waals surface area contributed by atoms with Gasteiger partial charge in [-0.15, -0.1) is 0 Å². The van der Waals surface area contributed by atoms with E-state index in [9.17, 15) is 30.4 Å². The van der Waals surface area contributed by atoms with Crippen molar-refractivity contribution in [3.8, 4) is 11.5 Å². The van der Waals surface area contributed by atoms with Crippen LogP contribution in [-0.2, 0) is 0 Å². The third-order valence-electron chi connectivity index (χ3n) is 3.04. The molecule has 0 unspecified atom stereocenters. The maximum Gasteiger partial charge on any atom is 0.276 e. The second-order valence-corrected chi connectivity index (χ2v) is 4.60. The van der Waals surface area contributed by atoms with E-state index in [-0.39, 0.29) is 17.0 Å². The van der Waals surface area contributed by atoms with Gasteiger partial charge < -0.3 is 10.2 Å². The summed E-state index contributed by atoms with van der Waals surface area (Å²) in [6, 6.07) is 6.15. The van der Waals surface area contributed by atoms with Crippen molar-refractivity contribution < 1.29 is 20.1 Å². The van der Waals surface area contributed by atoms with Crippen molar-refractivity contribution in [3.05, 3.63) is 61.7 Å². The van der Waals surface area contributed by atoms with Gasteiger partial charge in [-0.1, -0.05) is 12.1 Å². The number of phenolic OH excluding ortho intramolecular Hbond substituents is 1. The second-order valence-electron chi connectivity index (χ2n) is 4.60. The summed E-state index contributed by atoms with van der Waals surface area (Å²) in [5.74, 6) is -1.13. The van der Waals surface area contributed by atoms with E-state index in [1.165, 1.54) is 6.07 Å². The van der Waals surface area contributed by atoms with Gasteiger partial charge in [-0.2, -0.15) is 0 Å². The number of aromatic hydroxyl groups is 1. The van der Waals surface area contributed by atoms with Gasteiger partial charge >= 0.3 is 0 Å². The van der Waals surface area contributed by atoms with Crippen LogP contribution in [0.15, 0.2) is 35.3 Å². The lowest BCUT2D eigenvalue weighted by molar-refractivity contribution is -0.403. The van der Waals surface area contributed by atoms with Crippen molar-refractivity contribution in [2.24, 2.45) is 4.99 Å². The van der Waals surface area contributed by atoms with Crippen molar-refractivity contribution in [3.63, 3.8) is 0 Å². The Balaban J connectivity index is 2.57. The Kier molecular flexibility index (Phi) is 4.21. The van der Waals surface area contributed by atoms with Gasteiger partial charge in [0.05, 0.1) is 15.9 Å². The Morgan fingerprint density at radius 1 is 1.17 bits per heavy atom. The molecule has 118 valence electrons. The number of rotatable bonds is 4. The predicted molar refractivity (Wildman–Crippen MR) is 79.3 cm³/mol. The molecule has 0 fully saturated rings. The summed E-state index contributed by atoms with van der Waals surface area (Å²) in [6.45, 7) is 1.67. The van der Waals surface area contributed by atoms with Crippen LogP contribution in [-0.4, -0.2) is 21.2 Å². The number of nitrogens with zero attached hydrogens (tertiary/aromatic N) is 3. The molecule has 2 aromatic carbocycles. The summed E-state index contributed by atoms with van der Waals surface area (Å²) in [5.41, 5.74) is -1.04. The molecule has 9 nitrogen and oxygen atoms in total. The molecule has 2 aromatic rings. The highest BCUT2D eigenvalue weighted by molar-refractivity contribution is 5.89. The van der Waals surface area contributed by atoms with Crippen molar-refractivity contribution in [2.75, 3.05) is 0 Å². The average Bonchev–Trinajstić information content (AvgIpc) is 2.47. The largest absolute Gasteiger partial charge is 0.867 e. The third-order valence-corrected chi connectivity index (χ3v) is 3.04. The number of hydrogen-bond donors (Lipinski definition) is 1. The van der Waals surface area contributed by atoms with E-state index in [1.54, 1.807) is 19.1 Å². The molecule has 0 atom stereocenters. The molecule has 0 spiro atoms. The summed E-state index contributed by atoms with van der Waals surface area (Å²) in [5, 5.41) is 43.3. The fraction of sp³-hybridized carbons (Fsp3) is 0.0714. The van der Waals surface area contributed by atoms with Crippen molar-refractivity contribution in [2.45, 2.75) is 6.92 Å². The molecule has 0 aliphatic carbocycles. The number of benzene rings is 2. The standard InChI is InChI=1S/C14H11N3O6/c1-8-3-2-4-12(18)13(8)15-7-9-5-10(16(20)21)6-11(14(9)19)17(22)23/h2-7,18-19H,1H3/p-1. The highest BCUT2D eigenvalue weighted by Gasteiger charge is 2.18. The van der Waals surface area contributed by atoms with Gasteiger partial charge in [0.2, 0.25) is 0 Å². The SMILES string of the molecule is Cc1cccc(O)c1N=Cc1cc([N+](=O)[O-])cc([N+](=O)[O-])c1[O-]. The fourth-order valence-electron chi connectivity index (χ4n) is 1.90. The van der Waals surface area contributed by atoms with Crippen molar-refractivity contribution in [1.29, 1.82) is 0 Å². The molecule has 0 aliphatic rings. The van der Waals surface area contributed by atoms with Crippen LogP contribution >= 0.6 is 0 Å². The lowest BCUT2D eigenvalue weighted by atomic mass is 10.1. The zero-order chi connectivity index (χ0) is 17.1. The molecular formula is C14H10N3O6-. The molecule has 1 N–H and O–H groups in total. The number of aliphatic imine (C=N–C) groups is 1. The van der Waals surface area contributed by atoms with Crippen molar-refractivity contribution in [1.82, 2.24) is 0 Å². The minimum atomic E-state index is -0.988. The molecule has 0 saturated carbocycles. The van der Waals surface area contributed by atoms with E-state index in [1.807, 2.05) is 0 Å². The average molecular weight is 316 g/mol. The van der Waals surface area contributed by atoms with Crippen LogP contribution < -0.4 is 5.11 Å². The van der Waals surface area contributed by atoms with Crippen LogP contribution in [0.3, 0.4) is 0 Å². The lowest BCUT2D eigenvalue weighted by Gasteiger charge is -2.10. The van der Waals surface area contributed by atoms with E-state index in [0.29, 0.717) is 11.6 Å². The summed E-state index contributed by atoms with van der Waals surface area (Å²) < 4.78 is 0. The van der Waals surface area contributed by atoms with Crippen LogP contribution in [0.1, 0.15) is 11.1 Å². The second kappa shape index (κ2) is 6.10. The number of para-hydroxylation sites is 1. The fourth-order valence-corrected chi connectivity index (χ4v) is 1.90. The lowest BCUT2D eigenvalue weighted by Crippen LogP contribution is -2.03. The first-order chi connectivity index (χ1) is 10.8. The van der Waals surface area contributed by atoms with E-state index < -0.39 is 27.0 Å². The number of non-ortho nitro benzene ring substituents is 1. The Morgan fingerprint density at radius 2 is 1.87 bits per heavy atom. The summed E-state index contributed by atoms with van der Waals surface area (Å²) in [4.78, 5) is 23.7. The van der Waals surface area contributed by atoms with Gasteiger partial charge in [-0.05, 0) is 29.9 Å². The zero-order valence-electron chi connectivity index (χ0n) is 11.8. The van der Waals surface area contributed by atoms with Gasteiger partial charge in [0.1, 0.15) is 11.4 Å². The van der Waals surface area contributed by atoms with Crippen LogP contribution in [0.5, 0.6) is 11.5 Å². The van der Waals surface area contributed by atoms with Gasteiger partial charge in [-0.3, -0.25) is 25.2 Å². The van der Waals surface area contributed by atoms with Gasteiger partial charge in [0.25, 0.3) is 11.4 Å². The Labute approximate surface area is 129 Å². The molecule has 9 heteroatoms. The maximum absolute atomic E-state index is 12.0. The first-order valence-electron chi connectivity index (χ1n) is 6.27. The Bertz CT molecular complexity index is 811. The highest BCUT2D eigenvalue weighted by atomic mass is 16.6. The summed E-state index contributed by atoms with van der Waals surface area (Å²) in [7, 11) is 0. The molecule has 0 amide bonds. The molecule has 0 radical (unpaired) electrons. The quantitative estimate of drug-likeness (QED) is 0.521. The highest BCUT2D eigenvalue weighted by Crippen LogP contribution is 2.33. The molecule has 0 aromatic heterocycles. The van der Waals surface area contributed by atoms with Crippen LogP contribution in [0.2, 0.25) is 0 Å². The molecule has 2 rings (SSSR count). The maximum atomic E-state index is 12.0. The zero-order valence-corrected chi connectivity index (χ0v) is 11.8. The molecule has 0 heterocycles. The molecule has 0 saturated heterocycles. The van der Waals surface area contributed by atoms with E-state index >= 15 is 0 Å². The minimum Gasteiger partial charge on any atom is -0.867 e. The number of hydrogen-bond acceptors (Lipinski definition) is 7. The van der Waals surface area contributed by atoms with Crippen LogP contribution in [0, 0.1) is 27.2 Å². The topological polar surface area (TPSA) is 142 Å². The smallest absolute Gasteiger partial charge is 0.276 e. The first kappa shape index (κ1) is 15.9. The summed E-state index contributed by atoms with van der Waals surface area (Å²) in [6.07, 6.45) is 0.963. The number of aryl methyl sites for hydroxylation is 1. The Hall–Kier alpha value is -3.49. The van der Waals surface area contributed by atoms with Gasteiger partial charge in [-0.25, -0.2) is 0 Å². The normalized spacial score (nSPS) is 10.8. The number of nitro benzene ring substituents is 2. The number of phenols is 1. The first-order valence-corrected chi connectivity index (χ1v) is 6.27. The van der Waals surface area contributed by atoms with Crippen molar-refractivity contribution >= 4 is 23.3 Å². The molecular weight excluding hydrogens is 306 g/mol. The van der Waals surface area contributed by atoms with Crippen LogP contribution in [0.4, 0.5) is 17.1 Å². The van der Waals surface area contributed by atoms with Gasteiger partial charge in [0, 0.05) is 12.3 Å². The molecule has 0 bridgehead atoms. The Morgan fingerprint density at radius 3 is 2.43 bits per heavy atom. The van der Waals surface area contributed by atoms with Crippen LogP contribution in [0.25, 0.3) is 0 Å². The monoisotopic (exact) mass is 316 g/mol. The molecule has 0 aliphatic heterocycles. The van der Waals surface area contributed by atoms with Gasteiger partial charge in [0.15, 0.2) is 0 Å². The summed E-state index contributed by atoms with van der Waals surface area (Å²) >= 11 is 0. The predicted octanol–water partition coefficient (Wildman–Crippen LogP) is 2.34. The van der Waals surface area contributed by atoms with E-state index in [4.69, 9.17) is 0 Å². The van der Waals surface area contributed by atoms with E-state index in [2.05, 4.69) is 4.99 Å². The van der Waals surface area contributed by atoms with E-state index in [0.717, 1.165) is 12.3 Å². The minimum absolute atomic E-state index is 0.145. The third kappa shape index (κ3) is 3.23. The number of nitro groups is 2. The molecule has 23 heavy (non-hydrogen) atoms.